The molecule has 6 rings (SSSR count). The van der Waals surface area contributed by atoms with Crippen LogP contribution in [-0.2, 0) is 23.2 Å². The molecule has 3 heterocycles. The first kappa shape index (κ1) is 30.5. The third-order valence-electron chi connectivity index (χ3n) is 8.62. The topological polar surface area (TPSA) is 108 Å². The number of halogens is 3. The van der Waals surface area contributed by atoms with Crippen LogP contribution < -0.4 is 10.3 Å². The monoisotopic (exact) mass is 618 g/mol. The Labute approximate surface area is 257 Å². The lowest BCUT2D eigenvalue weighted by atomic mass is 9.93. The van der Waals surface area contributed by atoms with Gasteiger partial charge in [-0.1, -0.05) is 50.2 Å². The van der Waals surface area contributed by atoms with E-state index in [1.807, 2.05) is 12.4 Å². The van der Waals surface area contributed by atoms with Gasteiger partial charge in [-0.3, -0.25) is 14.6 Å². The van der Waals surface area contributed by atoms with Gasteiger partial charge in [0.2, 0.25) is 0 Å². The number of ether oxygens (including phenoxy) is 1. The Kier molecular flexibility index (Phi) is 7.98. The minimum atomic E-state index is -4.83. The fraction of sp³-hybridized carbons (Fsp3) is 0.353. The summed E-state index contributed by atoms with van der Waals surface area (Å²) in [5.41, 5.74) is 3.74. The van der Waals surface area contributed by atoms with Crippen molar-refractivity contribution >= 4 is 5.91 Å². The number of rotatable bonds is 7. The second kappa shape index (κ2) is 11.8. The zero-order valence-electron chi connectivity index (χ0n) is 24.9. The number of pyridine rings is 1. The van der Waals surface area contributed by atoms with Gasteiger partial charge in [-0.05, 0) is 77.6 Å². The van der Waals surface area contributed by atoms with Crippen molar-refractivity contribution in [3.63, 3.8) is 0 Å². The Morgan fingerprint density at radius 2 is 1.78 bits per heavy atom. The number of aromatic nitrogens is 3. The Balaban J connectivity index is 1.22. The van der Waals surface area contributed by atoms with Crippen molar-refractivity contribution in [2.45, 2.75) is 69.9 Å². The Morgan fingerprint density at radius 1 is 1.04 bits per heavy atom. The van der Waals surface area contributed by atoms with E-state index in [1.165, 1.54) is 23.1 Å². The molecule has 2 N–H and O–H groups in total. The molecule has 2 aromatic heterocycles. The maximum Gasteiger partial charge on any atom is 0.573 e. The number of aromatic amines is 1. The van der Waals surface area contributed by atoms with Crippen LogP contribution in [0.4, 0.5) is 13.2 Å². The highest BCUT2D eigenvalue weighted by atomic mass is 19.4. The summed E-state index contributed by atoms with van der Waals surface area (Å²) in [6.07, 6.45) is 0.115. The minimum absolute atomic E-state index is 0.00173. The van der Waals surface area contributed by atoms with Gasteiger partial charge in [0, 0.05) is 18.9 Å². The van der Waals surface area contributed by atoms with Crippen LogP contribution in [0.15, 0.2) is 71.8 Å². The van der Waals surface area contributed by atoms with Crippen LogP contribution in [0.2, 0.25) is 0 Å². The number of amides is 1. The number of fused-ring (bicyclic) bond motifs is 1. The number of aliphatic hydroxyl groups excluding tert-OH is 1. The highest BCUT2D eigenvalue weighted by Gasteiger charge is 2.49. The van der Waals surface area contributed by atoms with Crippen LogP contribution in [0.25, 0.3) is 11.1 Å². The first-order chi connectivity index (χ1) is 21.4. The molecule has 11 heteroatoms. The van der Waals surface area contributed by atoms with Crippen molar-refractivity contribution in [3.05, 3.63) is 111 Å². The molecule has 1 amide bonds. The fourth-order valence-electron chi connectivity index (χ4n) is 5.94. The molecule has 1 unspecified atom stereocenters. The van der Waals surface area contributed by atoms with Gasteiger partial charge in [0.1, 0.15) is 11.6 Å². The molecule has 234 valence electrons. The van der Waals surface area contributed by atoms with E-state index in [0.29, 0.717) is 53.5 Å². The Bertz CT molecular complexity index is 1800. The molecule has 1 aliphatic carbocycles. The average Bonchev–Trinajstić information content (AvgIpc) is 3.85. The molecule has 0 bridgehead atoms. The number of nitrogens with zero attached hydrogens (tertiary/aromatic N) is 3. The maximum atomic E-state index is 13.5. The van der Waals surface area contributed by atoms with E-state index in [1.54, 1.807) is 30.3 Å². The molecular formula is C34H33F3N4O4. The van der Waals surface area contributed by atoms with Gasteiger partial charge in [0.15, 0.2) is 6.10 Å². The van der Waals surface area contributed by atoms with Crippen molar-refractivity contribution in [2.24, 2.45) is 0 Å². The molecule has 8 nitrogen and oxygen atoms in total. The van der Waals surface area contributed by atoms with E-state index in [-0.39, 0.29) is 28.8 Å². The van der Waals surface area contributed by atoms with Crippen molar-refractivity contribution in [2.75, 3.05) is 6.54 Å². The first-order valence-corrected chi connectivity index (χ1v) is 14.9. The second-order valence-electron chi connectivity index (χ2n) is 12.1. The summed E-state index contributed by atoms with van der Waals surface area (Å²) < 4.78 is 42.2. The lowest BCUT2D eigenvalue weighted by molar-refractivity contribution is -0.274. The van der Waals surface area contributed by atoms with E-state index in [0.717, 1.165) is 24.0 Å². The standard InChI is InChI=1S/C34H33F3N4O4/c1-20(2)24-15-25(18-38-17-24)33(11-12-33)32-39-28-10-5-13-41(19-27(28)30(43)40-32)31(44)29(42)23-8-3-6-21(14-23)22-7-4-9-26(16-22)45-34(35,36)37/h3-4,6-9,14-18,20,29,42H,5,10-13,19H2,1-2H3,(H,39,40,43). The summed E-state index contributed by atoms with van der Waals surface area (Å²) in [6, 6.07) is 14.0. The van der Waals surface area contributed by atoms with Crippen LogP contribution in [0.1, 0.15) is 78.9 Å². The van der Waals surface area contributed by atoms with Gasteiger partial charge in [0.25, 0.3) is 11.5 Å². The third-order valence-corrected chi connectivity index (χ3v) is 8.62. The lowest BCUT2D eigenvalue weighted by Crippen LogP contribution is -2.36. The van der Waals surface area contributed by atoms with Crippen LogP contribution in [0, 0.1) is 0 Å². The summed E-state index contributed by atoms with van der Waals surface area (Å²) in [4.78, 5) is 40.8. The number of H-pyrrole nitrogens is 1. The SMILES string of the molecule is CC(C)c1cncc(C2(c3nc4c(c(=O)[nH]3)CN(C(=O)C(O)c3cccc(-c5cccc(OC(F)(F)F)c5)c3)CCC4)CC2)c1. The summed E-state index contributed by atoms with van der Waals surface area (Å²) in [5, 5.41) is 11.1. The quantitative estimate of drug-likeness (QED) is 0.265. The molecule has 1 saturated carbocycles. The van der Waals surface area contributed by atoms with Crippen LogP contribution in [0.3, 0.4) is 0 Å². The molecule has 1 atom stereocenters. The van der Waals surface area contributed by atoms with E-state index >= 15 is 0 Å². The van der Waals surface area contributed by atoms with Crippen molar-refractivity contribution < 1.29 is 27.8 Å². The molecule has 2 aliphatic rings. The van der Waals surface area contributed by atoms with Crippen LogP contribution in [0.5, 0.6) is 5.75 Å². The van der Waals surface area contributed by atoms with E-state index in [4.69, 9.17) is 4.98 Å². The summed E-state index contributed by atoms with van der Waals surface area (Å²) in [6.45, 7) is 4.55. The Hall–Kier alpha value is -4.51. The predicted molar refractivity (Wildman–Crippen MR) is 160 cm³/mol. The molecular weight excluding hydrogens is 585 g/mol. The number of nitrogens with one attached hydrogen (secondary N) is 1. The fourth-order valence-corrected chi connectivity index (χ4v) is 5.94. The third kappa shape index (κ3) is 6.35. The van der Waals surface area contributed by atoms with E-state index in [9.17, 15) is 27.9 Å². The van der Waals surface area contributed by atoms with Gasteiger partial charge in [-0.2, -0.15) is 0 Å². The van der Waals surface area contributed by atoms with Crippen molar-refractivity contribution in [1.82, 2.24) is 19.9 Å². The van der Waals surface area contributed by atoms with Crippen LogP contribution in [-0.4, -0.2) is 43.8 Å². The number of aliphatic hydroxyl groups is 1. The number of benzene rings is 2. The number of hydrogen-bond donors (Lipinski definition) is 2. The minimum Gasteiger partial charge on any atom is -0.406 e. The molecule has 0 spiro atoms. The molecule has 2 aromatic carbocycles. The largest absolute Gasteiger partial charge is 0.573 e. The van der Waals surface area contributed by atoms with Crippen molar-refractivity contribution in [3.8, 4) is 16.9 Å². The number of carbonyl (C=O) groups is 1. The summed E-state index contributed by atoms with van der Waals surface area (Å²) in [7, 11) is 0. The van der Waals surface area contributed by atoms with Gasteiger partial charge in [0.05, 0.1) is 23.2 Å². The average molecular weight is 619 g/mol. The van der Waals surface area contributed by atoms with Gasteiger partial charge < -0.3 is 19.7 Å². The zero-order chi connectivity index (χ0) is 31.9. The van der Waals surface area contributed by atoms with Gasteiger partial charge in [-0.15, -0.1) is 13.2 Å². The van der Waals surface area contributed by atoms with E-state index in [2.05, 4.69) is 34.6 Å². The normalized spacial score (nSPS) is 16.6. The van der Waals surface area contributed by atoms with Gasteiger partial charge >= 0.3 is 6.36 Å². The summed E-state index contributed by atoms with van der Waals surface area (Å²) >= 11 is 0. The predicted octanol–water partition coefficient (Wildman–Crippen LogP) is 5.94. The molecule has 1 fully saturated rings. The maximum absolute atomic E-state index is 13.5. The molecule has 4 aromatic rings. The molecule has 0 saturated heterocycles. The molecule has 45 heavy (non-hydrogen) atoms. The summed E-state index contributed by atoms with van der Waals surface area (Å²) in [5.74, 6) is -0.0125. The zero-order valence-corrected chi connectivity index (χ0v) is 24.9. The highest BCUT2D eigenvalue weighted by molar-refractivity contribution is 5.83. The van der Waals surface area contributed by atoms with E-state index < -0.39 is 18.4 Å². The first-order valence-electron chi connectivity index (χ1n) is 14.9. The van der Waals surface area contributed by atoms with Crippen molar-refractivity contribution in [1.29, 1.82) is 0 Å². The second-order valence-corrected chi connectivity index (χ2v) is 12.1. The molecule has 1 aliphatic heterocycles. The Morgan fingerprint density at radius 3 is 2.49 bits per heavy atom. The number of hydrogen-bond acceptors (Lipinski definition) is 6. The van der Waals surface area contributed by atoms with Crippen LogP contribution >= 0.6 is 0 Å². The number of aryl methyl sites for hydroxylation is 1. The van der Waals surface area contributed by atoms with Gasteiger partial charge in [-0.25, -0.2) is 4.98 Å². The highest BCUT2D eigenvalue weighted by Crippen LogP contribution is 2.52. The smallest absolute Gasteiger partial charge is 0.406 e. The number of carbonyl (C=O) groups excluding carboxylic acids is 1. The molecule has 0 radical (unpaired) electrons. The lowest BCUT2D eigenvalue weighted by Gasteiger charge is -2.24. The number of alkyl halides is 3.